The van der Waals surface area contributed by atoms with Crippen molar-refractivity contribution in [2.24, 2.45) is 5.41 Å². The van der Waals surface area contributed by atoms with Crippen LogP contribution in [-0.2, 0) is 4.79 Å². The molecular weight excluding hydrogens is 402 g/mol. The highest BCUT2D eigenvalue weighted by atomic mass is 16.3. The number of aromatic nitrogens is 2. The number of likely N-dealkylation sites (tertiary alicyclic amines) is 1. The van der Waals surface area contributed by atoms with Gasteiger partial charge in [-0.05, 0) is 67.9 Å². The zero-order valence-electron chi connectivity index (χ0n) is 18.7. The van der Waals surface area contributed by atoms with Crippen LogP contribution in [0.1, 0.15) is 65.3 Å². The molecule has 1 aromatic heterocycles. The summed E-state index contributed by atoms with van der Waals surface area (Å²) < 4.78 is 0. The van der Waals surface area contributed by atoms with E-state index in [0.29, 0.717) is 50.0 Å². The van der Waals surface area contributed by atoms with E-state index in [1.165, 1.54) is 18.6 Å². The predicted molar refractivity (Wildman–Crippen MR) is 122 cm³/mol. The summed E-state index contributed by atoms with van der Waals surface area (Å²) in [5.74, 6) is 5.96. The first kappa shape index (κ1) is 21.8. The van der Waals surface area contributed by atoms with Crippen molar-refractivity contribution in [1.82, 2.24) is 14.9 Å². The van der Waals surface area contributed by atoms with E-state index in [2.05, 4.69) is 21.8 Å². The van der Waals surface area contributed by atoms with Crippen LogP contribution in [0.5, 0.6) is 0 Å². The lowest BCUT2D eigenvalue weighted by Gasteiger charge is -2.43. The topological polar surface area (TPSA) is 83.4 Å². The monoisotopic (exact) mass is 429 g/mol. The molecule has 1 saturated heterocycles. The summed E-state index contributed by atoms with van der Waals surface area (Å²) in [6.07, 6.45) is 6.70. The number of ketones is 1. The lowest BCUT2D eigenvalue weighted by Crippen LogP contribution is -2.45. The van der Waals surface area contributed by atoms with Gasteiger partial charge in [-0.3, -0.25) is 14.6 Å². The maximum atomic E-state index is 13.3. The molecular formula is C26H27N3O3. The molecule has 32 heavy (non-hydrogen) atoms. The Bertz CT molecular complexity index is 1140. The maximum Gasteiger partial charge on any atom is 0.274 e. The molecule has 1 aromatic carbocycles. The molecule has 0 bridgehead atoms. The summed E-state index contributed by atoms with van der Waals surface area (Å²) in [4.78, 5) is 35.8. The van der Waals surface area contributed by atoms with Crippen molar-refractivity contribution in [3.63, 3.8) is 0 Å². The number of carbonyl (C=O) groups is 2. The van der Waals surface area contributed by atoms with Crippen LogP contribution in [0.3, 0.4) is 0 Å². The van der Waals surface area contributed by atoms with E-state index in [1.54, 1.807) is 11.8 Å². The van der Waals surface area contributed by atoms with E-state index in [-0.39, 0.29) is 22.9 Å². The molecule has 1 amide bonds. The van der Waals surface area contributed by atoms with Crippen LogP contribution < -0.4 is 0 Å². The molecule has 1 aliphatic carbocycles. The van der Waals surface area contributed by atoms with Crippen molar-refractivity contribution in [3.8, 4) is 11.8 Å². The highest BCUT2D eigenvalue weighted by Crippen LogP contribution is 2.47. The minimum absolute atomic E-state index is 0.0250. The minimum atomic E-state index is -0.306. The molecule has 2 aliphatic rings. The maximum absolute atomic E-state index is 13.3. The number of allylic oxidation sites excluding steroid dienone is 2. The number of nitrogens with zero attached hydrogens (tertiary/aromatic N) is 3. The van der Waals surface area contributed by atoms with Crippen molar-refractivity contribution in [1.29, 1.82) is 0 Å². The lowest BCUT2D eigenvalue weighted by molar-refractivity contribution is -0.117. The Balaban J connectivity index is 1.55. The Labute approximate surface area is 188 Å². The summed E-state index contributed by atoms with van der Waals surface area (Å²) in [5.41, 5.74) is 4.08. The van der Waals surface area contributed by atoms with Crippen molar-refractivity contribution < 1.29 is 14.7 Å². The molecule has 6 heteroatoms. The number of aliphatic hydroxyl groups excluding tert-OH is 1. The van der Waals surface area contributed by atoms with Crippen LogP contribution >= 0.6 is 0 Å². The molecule has 6 nitrogen and oxygen atoms in total. The normalized spacial score (nSPS) is 17.8. The highest BCUT2D eigenvalue weighted by molar-refractivity contribution is 6.23. The van der Waals surface area contributed by atoms with Crippen LogP contribution in [0.4, 0.5) is 0 Å². The molecule has 1 fully saturated rings. The Kier molecular flexibility index (Phi) is 5.84. The zero-order chi connectivity index (χ0) is 22.9. The molecule has 1 aliphatic heterocycles. The van der Waals surface area contributed by atoms with Crippen molar-refractivity contribution >= 4 is 17.3 Å². The van der Waals surface area contributed by atoms with E-state index in [4.69, 9.17) is 0 Å². The number of benzene rings is 1. The van der Waals surface area contributed by atoms with Crippen LogP contribution in [0, 0.1) is 31.1 Å². The number of rotatable bonds is 2. The van der Waals surface area contributed by atoms with Gasteiger partial charge < -0.3 is 10.0 Å². The zero-order valence-corrected chi connectivity index (χ0v) is 18.7. The van der Waals surface area contributed by atoms with E-state index in [1.807, 2.05) is 26.0 Å². The molecule has 2 aromatic rings. The Morgan fingerprint density at radius 1 is 1.12 bits per heavy atom. The molecule has 1 spiro atoms. The number of Topliss-reactive ketones (excluding diaryl/α,β-unsaturated/α-hetero) is 1. The second-order valence-corrected chi connectivity index (χ2v) is 8.84. The van der Waals surface area contributed by atoms with Gasteiger partial charge in [-0.25, -0.2) is 4.98 Å². The third-order valence-corrected chi connectivity index (χ3v) is 6.59. The van der Waals surface area contributed by atoms with E-state index in [9.17, 15) is 14.7 Å². The van der Waals surface area contributed by atoms with Gasteiger partial charge in [0.25, 0.3) is 5.91 Å². The molecule has 0 radical (unpaired) electrons. The lowest BCUT2D eigenvalue weighted by atomic mass is 9.66. The summed E-state index contributed by atoms with van der Waals surface area (Å²) >= 11 is 0. The van der Waals surface area contributed by atoms with Crippen molar-refractivity contribution in [2.75, 3.05) is 13.1 Å². The van der Waals surface area contributed by atoms with Gasteiger partial charge in [-0.15, -0.1) is 5.92 Å². The number of piperidine rings is 1. The summed E-state index contributed by atoms with van der Waals surface area (Å²) in [6, 6.07) is 3.93. The highest BCUT2D eigenvalue weighted by Gasteiger charge is 2.43. The van der Waals surface area contributed by atoms with Crippen LogP contribution in [0.15, 0.2) is 36.5 Å². The first-order valence-corrected chi connectivity index (χ1v) is 10.9. The molecule has 2 heterocycles. The number of amides is 1. The summed E-state index contributed by atoms with van der Waals surface area (Å²) in [6.45, 7) is 6.78. The number of aliphatic hydroxyl groups is 1. The van der Waals surface area contributed by atoms with Gasteiger partial charge in [-0.1, -0.05) is 5.92 Å². The molecule has 0 atom stereocenters. The van der Waals surface area contributed by atoms with Gasteiger partial charge >= 0.3 is 0 Å². The van der Waals surface area contributed by atoms with Gasteiger partial charge in [0.05, 0.1) is 11.8 Å². The SMILES string of the molecule is CC#Cc1cc(C)c(C2=C(O)CC3(CCN(C(=O)c4cnccn4)CC3)CC2=O)c(C)c1. The summed E-state index contributed by atoms with van der Waals surface area (Å²) in [5, 5.41) is 11.0. The van der Waals surface area contributed by atoms with Gasteiger partial charge in [0.1, 0.15) is 11.5 Å². The number of hydrogen-bond acceptors (Lipinski definition) is 5. The molecule has 4 rings (SSSR count). The fourth-order valence-corrected chi connectivity index (χ4v) is 5.06. The molecule has 1 N–H and O–H groups in total. The van der Waals surface area contributed by atoms with Crippen LogP contribution in [0.2, 0.25) is 0 Å². The van der Waals surface area contributed by atoms with Gasteiger partial charge in [0.15, 0.2) is 5.78 Å². The third-order valence-electron chi connectivity index (χ3n) is 6.59. The molecule has 164 valence electrons. The smallest absolute Gasteiger partial charge is 0.274 e. The molecule has 0 saturated carbocycles. The second kappa shape index (κ2) is 8.58. The third kappa shape index (κ3) is 4.03. The fraction of sp³-hybridized carbons (Fsp3) is 0.385. The quantitative estimate of drug-likeness (QED) is 0.729. The van der Waals surface area contributed by atoms with E-state index in [0.717, 1.165) is 22.3 Å². The summed E-state index contributed by atoms with van der Waals surface area (Å²) in [7, 11) is 0. The Morgan fingerprint density at radius 3 is 2.38 bits per heavy atom. The molecule has 0 unspecified atom stereocenters. The Morgan fingerprint density at radius 2 is 1.81 bits per heavy atom. The first-order chi connectivity index (χ1) is 15.3. The van der Waals surface area contributed by atoms with Gasteiger partial charge in [0.2, 0.25) is 0 Å². The van der Waals surface area contributed by atoms with Gasteiger partial charge in [-0.2, -0.15) is 0 Å². The fourth-order valence-electron chi connectivity index (χ4n) is 5.06. The van der Waals surface area contributed by atoms with Crippen molar-refractivity contribution in [3.05, 3.63) is 64.4 Å². The number of carbonyl (C=O) groups excluding carboxylic acids is 2. The van der Waals surface area contributed by atoms with Crippen LogP contribution in [-0.4, -0.2) is 44.8 Å². The van der Waals surface area contributed by atoms with Crippen LogP contribution in [0.25, 0.3) is 5.57 Å². The van der Waals surface area contributed by atoms with Gasteiger partial charge in [0, 0.05) is 43.9 Å². The predicted octanol–water partition coefficient (Wildman–Crippen LogP) is 4.02. The second-order valence-electron chi connectivity index (χ2n) is 8.84. The minimum Gasteiger partial charge on any atom is -0.512 e. The first-order valence-electron chi connectivity index (χ1n) is 10.9. The van der Waals surface area contributed by atoms with E-state index < -0.39 is 0 Å². The average Bonchev–Trinajstić information content (AvgIpc) is 2.76. The number of aryl methyl sites for hydroxylation is 2. The number of hydrogen-bond donors (Lipinski definition) is 1. The average molecular weight is 430 g/mol. The Hall–Kier alpha value is -3.46. The van der Waals surface area contributed by atoms with E-state index >= 15 is 0 Å². The largest absolute Gasteiger partial charge is 0.512 e. The standard InChI is InChI=1S/C26H27N3O3/c1-4-5-19-12-17(2)23(18(3)13-19)24-21(30)14-26(15-22(24)31)6-10-29(11-7-26)25(32)20-16-27-8-9-28-20/h8-9,12-13,16,30H,6-7,10-11,14-15H2,1-3H3. The van der Waals surface area contributed by atoms with Crippen molar-refractivity contribution in [2.45, 2.75) is 46.5 Å².